The van der Waals surface area contributed by atoms with Crippen LogP contribution in [0.2, 0.25) is 0 Å². The zero-order valence-electron chi connectivity index (χ0n) is 10.2. The minimum atomic E-state index is 0.0757. The molecule has 1 heterocycles. The predicted molar refractivity (Wildman–Crippen MR) is 67.1 cm³/mol. The molecule has 0 saturated heterocycles. The molecular weight excluding hydrogens is 182 g/mol. The van der Waals surface area contributed by atoms with Crippen LogP contribution in [0.15, 0.2) is 23.8 Å². The van der Waals surface area contributed by atoms with Crippen LogP contribution in [-0.4, -0.2) is 5.54 Å². The van der Waals surface area contributed by atoms with E-state index < -0.39 is 0 Å². The SMILES string of the molecule is CC1=C(C)C(C)(C)Nc2ccc(C)cc21. The lowest BCUT2D eigenvalue weighted by molar-refractivity contribution is 0.660. The van der Waals surface area contributed by atoms with Crippen LogP contribution in [0.3, 0.4) is 0 Å². The van der Waals surface area contributed by atoms with E-state index in [4.69, 9.17) is 0 Å². The summed E-state index contributed by atoms with van der Waals surface area (Å²) < 4.78 is 0. The van der Waals surface area contributed by atoms with Crippen molar-refractivity contribution in [3.05, 3.63) is 34.9 Å². The summed E-state index contributed by atoms with van der Waals surface area (Å²) in [7, 11) is 0. The number of benzene rings is 1. The lowest BCUT2D eigenvalue weighted by Gasteiger charge is -2.36. The summed E-state index contributed by atoms with van der Waals surface area (Å²) in [6.45, 7) is 11.0. The van der Waals surface area contributed by atoms with Gasteiger partial charge in [-0.15, -0.1) is 0 Å². The maximum absolute atomic E-state index is 3.59. The molecule has 0 spiro atoms. The van der Waals surface area contributed by atoms with E-state index >= 15 is 0 Å². The third kappa shape index (κ3) is 1.56. The molecule has 0 bridgehead atoms. The third-order valence-electron chi connectivity index (χ3n) is 3.53. The number of allylic oxidation sites excluding steroid dienone is 1. The molecular formula is C14H19N. The van der Waals surface area contributed by atoms with Crippen molar-refractivity contribution in [1.82, 2.24) is 0 Å². The topological polar surface area (TPSA) is 12.0 Å². The monoisotopic (exact) mass is 201 g/mol. The van der Waals surface area contributed by atoms with E-state index in [1.165, 1.54) is 28.0 Å². The first-order valence-corrected chi connectivity index (χ1v) is 5.49. The predicted octanol–water partition coefficient (Wildman–Crippen LogP) is 3.99. The number of anilines is 1. The molecule has 1 nitrogen and oxygen atoms in total. The van der Waals surface area contributed by atoms with Crippen LogP contribution in [0.4, 0.5) is 5.69 Å². The van der Waals surface area contributed by atoms with Crippen molar-refractivity contribution in [2.24, 2.45) is 0 Å². The Balaban J connectivity index is 2.65. The Hall–Kier alpha value is -1.24. The van der Waals surface area contributed by atoms with Crippen LogP contribution >= 0.6 is 0 Å². The minimum Gasteiger partial charge on any atom is -0.376 e. The number of nitrogens with one attached hydrogen (secondary N) is 1. The van der Waals surface area contributed by atoms with Crippen LogP contribution in [-0.2, 0) is 0 Å². The molecule has 2 rings (SSSR count). The highest BCUT2D eigenvalue weighted by atomic mass is 15.0. The summed E-state index contributed by atoms with van der Waals surface area (Å²) in [5.74, 6) is 0. The summed E-state index contributed by atoms with van der Waals surface area (Å²) in [6, 6.07) is 6.61. The second-order valence-corrected chi connectivity index (χ2v) is 5.05. The number of rotatable bonds is 0. The molecule has 1 aromatic rings. The lowest BCUT2D eigenvalue weighted by Crippen LogP contribution is -2.35. The highest BCUT2D eigenvalue weighted by Crippen LogP contribution is 2.38. The average molecular weight is 201 g/mol. The molecule has 0 amide bonds. The summed E-state index contributed by atoms with van der Waals surface area (Å²) in [4.78, 5) is 0. The second-order valence-electron chi connectivity index (χ2n) is 5.05. The molecule has 0 unspecified atom stereocenters. The highest BCUT2D eigenvalue weighted by Gasteiger charge is 2.27. The van der Waals surface area contributed by atoms with Gasteiger partial charge in [0, 0.05) is 11.3 Å². The summed E-state index contributed by atoms with van der Waals surface area (Å²) >= 11 is 0. The first kappa shape index (κ1) is 10.3. The van der Waals surface area contributed by atoms with Gasteiger partial charge in [0.1, 0.15) is 0 Å². The lowest BCUT2D eigenvalue weighted by atomic mass is 9.83. The van der Waals surface area contributed by atoms with Crippen LogP contribution in [0.5, 0.6) is 0 Å². The molecule has 0 atom stereocenters. The van der Waals surface area contributed by atoms with E-state index in [1.807, 2.05) is 0 Å². The van der Waals surface area contributed by atoms with Crippen LogP contribution in [0.25, 0.3) is 5.57 Å². The van der Waals surface area contributed by atoms with E-state index in [0.29, 0.717) is 0 Å². The van der Waals surface area contributed by atoms with Crippen molar-refractivity contribution in [3.63, 3.8) is 0 Å². The Morgan fingerprint density at radius 3 is 2.40 bits per heavy atom. The Morgan fingerprint density at radius 2 is 1.73 bits per heavy atom. The second kappa shape index (κ2) is 3.13. The van der Waals surface area contributed by atoms with E-state index in [2.05, 4.69) is 58.1 Å². The average Bonchev–Trinajstić information content (AvgIpc) is 2.16. The quantitative estimate of drug-likeness (QED) is 0.669. The highest BCUT2D eigenvalue weighted by molar-refractivity contribution is 5.82. The number of fused-ring (bicyclic) bond motifs is 1. The van der Waals surface area contributed by atoms with Crippen molar-refractivity contribution in [2.45, 2.75) is 40.2 Å². The van der Waals surface area contributed by atoms with E-state index in [9.17, 15) is 0 Å². The molecule has 1 heteroatoms. The van der Waals surface area contributed by atoms with Crippen molar-refractivity contribution >= 4 is 11.3 Å². The Morgan fingerprint density at radius 1 is 1.07 bits per heavy atom. The summed E-state index contributed by atoms with van der Waals surface area (Å²) in [6.07, 6.45) is 0. The molecule has 1 aliphatic rings. The molecule has 15 heavy (non-hydrogen) atoms. The fourth-order valence-corrected chi connectivity index (χ4v) is 2.18. The minimum absolute atomic E-state index is 0.0757. The van der Waals surface area contributed by atoms with Gasteiger partial charge in [-0.05, 0) is 57.9 Å². The van der Waals surface area contributed by atoms with E-state index in [-0.39, 0.29) is 5.54 Å². The number of hydrogen-bond acceptors (Lipinski definition) is 1. The van der Waals surface area contributed by atoms with Gasteiger partial charge >= 0.3 is 0 Å². The Bertz CT molecular complexity index is 439. The molecule has 0 aliphatic carbocycles. The summed E-state index contributed by atoms with van der Waals surface area (Å²) in [5, 5.41) is 3.59. The van der Waals surface area contributed by atoms with Gasteiger partial charge in [0.15, 0.2) is 0 Å². The largest absolute Gasteiger partial charge is 0.376 e. The van der Waals surface area contributed by atoms with E-state index in [0.717, 1.165) is 0 Å². The fourth-order valence-electron chi connectivity index (χ4n) is 2.18. The van der Waals surface area contributed by atoms with E-state index in [1.54, 1.807) is 0 Å². The van der Waals surface area contributed by atoms with Gasteiger partial charge in [-0.3, -0.25) is 0 Å². The van der Waals surface area contributed by atoms with Gasteiger partial charge in [-0.2, -0.15) is 0 Å². The zero-order chi connectivity index (χ0) is 11.2. The van der Waals surface area contributed by atoms with Crippen molar-refractivity contribution in [3.8, 4) is 0 Å². The smallest absolute Gasteiger partial charge is 0.0532 e. The van der Waals surface area contributed by atoms with Gasteiger partial charge in [0.2, 0.25) is 0 Å². The number of aryl methyl sites for hydroxylation is 1. The van der Waals surface area contributed by atoms with Gasteiger partial charge < -0.3 is 5.32 Å². The van der Waals surface area contributed by atoms with Crippen LogP contribution in [0.1, 0.15) is 38.8 Å². The molecule has 0 saturated carbocycles. The van der Waals surface area contributed by atoms with Crippen LogP contribution < -0.4 is 5.32 Å². The zero-order valence-corrected chi connectivity index (χ0v) is 10.2. The molecule has 80 valence electrons. The molecule has 0 radical (unpaired) electrons. The fraction of sp³-hybridized carbons (Fsp3) is 0.429. The van der Waals surface area contributed by atoms with Crippen molar-refractivity contribution < 1.29 is 0 Å². The van der Waals surface area contributed by atoms with Gasteiger partial charge in [0.25, 0.3) is 0 Å². The standard InChI is InChI=1S/C14H19N/c1-9-6-7-13-12(8-9)10(2)11(3)14(4,5)15-13/h6-8,15H,1-5H3. The van der Waals surface area contributed by atoms with Gasteiger partial charge in [-0.25, -0.2) is 0 Å². The molecule has 1 aliphatic heterocycles. The Kier molecular flexibility index (Phi) is 2.14. The first-order valence-electron chi connectivity index (χ1n) is 5.49. The van der Waals surface area contributed by atoms with Crippen molar-refractivity contribution in [1.29, 1.82) is 0 Å². The summed E-state index contributed by atoms with van der Waals surface area (Å²) in [5.41, 5.74) is 6.85. The molecule has 1 aromatic carbocycles. The molecule has 0 fully saturated rings. The number of hydrogen-bond donors (Lipinski definition) is 1. The first-order chi connectivity index (χ1) is 6.92. The normalized spacial score (nSPS) is 18.5. The molecule has 0 aromatic heterocycles. The van der Waals surface area contributed by atoms with Crippen molar-refractivity contribution in [2.75, 3.05) is 5.32 Å². The maximum Gasteiger partial charge on any atom is 0.0532 e. The molecule has 1 N–H and O–H groups in total. The van der Waals surface area contributed by atoms with Gasteiger partial charge in [0.05, 0.1) is 5.54 Å². The van der Waals surface area contributed by atoms with Gasteiger partial charge in [-0.1, -0.05) is 11.6 Å². The third-order valence-corrected chi connectivity index (χ3v) is 3.53. The Labute approximate surface area is 92.2 Å². The maximum atomic E-state index is 3.59. The van der Waals surface area contributed by atoms with Crippen LogP contribution in [0, 0.1) is 6.92 Å².